The highest BCUT2D eigenvalue weighted by Gasteiger charge is 2.13. The van der Waals surface area contributed by atoms with Crippen LogP contribution < -0.4 is 10.6 Å². The number of methoxy groups -OCH3 is 1. The quantitative estimate of drug-likeness (QED) is 0.569. The van der Waals surface area contributed by atoms with Crippen molar-refractivity contribution in [3.8, 4) is 0 Å². The molecule has 1 aromatic rings. The van der Waals surface area contributed by atoms with E-state index in [4.69, 9.17) is 4.74 Å². The van der Waals surface area contributed by atoms with E-state index in [1.807, 2.05) is 0 Å². The average molecular weight is 290 g/mol. The molecule has 0 aliphatic rings. The van der Waals surface area contributed by atoms with Crippen LogP contribution in [0.3, 0.4) is 0 Å². The number of anilines is 1. The molecule has 0 fully saturated rings. The van der Waals surface area contributed by atoms with Crippen LogP contribution in [0.25, 0.3) is 0 Å². The highest BCUT2D eigenvalue weighted by Crippen LogP contribution is 2.19. The molecule has 0 unspecified atom stereocenters. The van der Waals surface area contributed by atoms with Gasteiger partial charge in [-0.05, 0) is 18.6 Å². The Morgan fingerprint density at radius 2 is 1.95 bits per heavy atom. The lowest BCUT2D eigenvalue weighted by Crippen LogP contribution is -2.27. The van der Waals surface area contributed by atoms with E-state index in [-0.39, 0.29) is 24.6 Å². The van der Waals surface area contributed by atoms with Crippen LogP contribution in [0.15, 0.2) is 12.1 Å². The fourth-order valence-corrected chi connectivity index (χ4v) is 1.51. The summed E-state index contributed by atoms with van der Waals surface area (Å²) in [5.41, 5.74) is -0.170. The fourth-order valence-electron chi connectivity index (χ4n) is 1.51. The van der Waals surface area contributed by atoms with Crippen molar-refractivity contribution < 1.29 is 22.7 Å². The summed E-state index contributed by atoms with van der Waals surface area (Å²) in [6.45, 7) is 1.17. The molecule has 0 bridgehead atoms. The molecule has 1 rings (SSSR count). The van der Waals surface area contributed by atoms with Crippen molar-refractivity contribution in [3.05, 3.63) is 29.6 Å². The summed E-state index contributed by atoms with van der Waals surface area (Å²) in [4.78, 5) is 11.4. The normalized spacial score (nSPS) is 10.4. The van der Waals surface area contributed by atoms with Crippen LogP contribution in [-0.4, -0.2) is 32.7 Å². The van der Waals surface area contributed by atoms with Crippen molar-refractivity contribution in [2.75, 3.05) is 32.1 Å². The Morgan fingerprint density at radius 3 is 2.65 bits per heavy atom. The van der Waals surface area contributed by atoms with Crippen molar-refractivity contribution in [2.45, 2.75) is 12.8 Å². The maximum Gasteiger partial charge on any atom is 0.221 e. The molecule has 0 spiro atoms. The van der Waals surface area contributed by atoms with E-state index in [9.17, 15) is 18.0 Å². The van der Waals surface area contributed by atoms with Crippen LogP contribution in [0.2, 0.25) is 0 Å². The molecule has 0 saturated heterocycles. The Labute approximate surface area is 115 Å². The lowest BCUT2D eigenvalue weighted by atomic mass is 10.2. The Morgan fingerprint density at radius 1 is 1.20 bits per heavy atom. The maximum atomic E-state index is 13.3. The van der Waals surface area contributed by atoms with E-state index < -0.39 is 17.5 Å². The Kier molecular flexibility index (Phi) is 6.86. The second-order valence-corrected chi connectivity index (χ2v) is 4.10. The minimum absolute atomic E-state index is 0.103. The van der Waals surface area contributed by atoms with E-state index >= 15 is 0 Å². The fraction of sp³-hybridized carbons (Fsp3) is 0.462. The minimum Gasteiger partial charge on any atom is -0.385 e. The van der Waals surface area contributed by atoms with E-state index in [1.54, 1.807) is 7.11 Å². The lowest BCUT2D eigenvalue weighted by Gasteiger charge is -2.09. The number of carbonyl (C=O) groups is 1. The number of carbonyl (C=O) groups excluding carboxylic acids is 1. The van der Waals surface area contributed by atoms with Gasteiger partial charge in [0.1, 0.15) is 0 Å². The third-order valence-corrected chi connectivity index (χ3v) is 2.55. The highest BCUT2D eigenvalue weighted by molar-refractivity contribution is 5.76. The first-order valence-corrected chi connectivity index (χ1v) is 6.19. The molecule has 0 heterocycles. The molecule has 0 atom stereocenters. The number of ether oxygens (including phenoxy) is 1. The number of amides is 1. The van der Waals surface area contributed by atoms with Crippen molar-refractivity contribution in [2.24, 2.45) is 0 Å². The summed E-state index contributed by atoms with van der Waals surface area (Å²) in [5, 5.41) is 5.20. The summed E-state index contributed by atoms with van der Waals surface area (Å²) in [5.74, 6) is -4.27. The predicted octanol–water partition coefficient (Wildman–Crippen LogP) is 2.06. The number of hydrogen-bond donors (Lipinski definition) is 2. The van der Waals surface area contributed by atoms with Gasteiger partial charge in [0.15, 0.2) is 17.5 Å². The molecule has 0 aliphatic carbocycles. The topological polar surface area (TPSA) is 50.4 Å². The summed E-state index contributed by atoms with van der Waals surface area (Å²) >= 11 is 0. The van der Waals surface area contributed by atoms with Gasteiger partial charge < -0.3 is 15.4 Å². The van der Waals surface area contributed by atoms with Crippen LogP contribution in [0, 0.1) is 17.5 Å². The number of rotatable bonds is 8. The van der Waals surface area contributed by atoms with Gasteiger partial charge in [-0.1, -0.05) is 0 Å². The molecule has 0 radical (unpaired) electrons. The van der Waals surface area contributed by atoms with Crippen molar-refractivity contribution in [3.63, 3.8) is 0 Å². The summed E-state index contributed by atoms with van der Waals surface area (Å²) < 4.78 is 43.7. The second kappa shape index (κ2) is 8.42. The van der Waals surface area contributed by atoms with Gasteiger partial charge in [-0.3, -0.25) is 4.79 Å². The largest absolute Gasteiger partial charge is 0.385 e. The maximum absolute atomic E-state index is 13.3. The second-order valence-electron chi connectivity index (χ2n) is 4.10. The highest BCUT2D eigenvalue weighted by atomic mass is 19.2. The Balaban J connectivity index is 2.30. The van der Waals surface area contributed by atoms with Gasteiger partial charge in [0, 0.05) is 33.2 Å². The van der Waals surface area contributed by atoms with Gasteiger partial charge in [0.25, 0.3) is 0 Å². The molecule has 0 saturated carbocycles. The zero-order chi connectivity index (χ0) is 15.0. The first kappa shape index (κ1) is 16.3. The SMILES string of the molecule is COCCCNC(=O)CCNc1ccc(F)c(F)c1F. The molecule has 4 nitrogen and oxygen atoms in total. The van der Waals surface area contributed by atoms with Crippen LogP contribution in [-0.2, 0) is 9.53 Å². The van der Waals surface area contributed by atoms with Crippen molar-refractivity contribution in [1.29, 1.82) is 0 Å². The molecule has 7 heteroatoms. The first-order chi connectivity index (χ1) is 9.56. The van der Waals surface area contributed by atoms with Crippen molar-refractivity contribution >= 4 is 11.6 Å². The Hall–Kier alpha value is -1.76. The summed E-state index contributed by atoms with van der Waals surface area (Å²) in [7, 11) is 1.57. The molecular weight excluding hydrogens is 273 g/mol. The molecule has 1 aromatic carbocycles. The van der Waals surface area contributed by atoms with E-state index in [0.29, 0.717) is 19.6 Å². The van der Waals surface area contributed by atoms with Crippen molar-refractivity contribution in [1.82, 2.24) is 5.32 Å². The van der Waals surface area contributed by atoms with E-state index in [2.05, 4.69) is 10.6 Å². The summed E-state index contributed by atoms with van der Waals surface area (Å²) in [6.07, 6.45) is 0.804. The molecule has 20 heavy (non-hydrogen) atoms. The molecule has 1 amide bonds. The van der Waals surface area contributed by atoms with Gasteiger partial charge in [-0.2, -0.15) is 0 Å². The van der Waals surface area contributed by atoms with E-state index in [1.165, 1.54) is 0 Å². The monoisotopic (exact) mass is 290 g/mol. The van der Waals surface area contributed by atoms with Gasteiger partial charge in [0.2, 0.25) is 5.91 Å². The lowest BCUT2D eigenvalue weighted by molar-refractivity contribution is -0.120. The zero-order valence-electron chi connectivity index (χ0n) is 11.1. The predicted molar refractivity (Wildman–Crippen MR) is 68.9 cm³/mol. The third kappa shape index (κ3) is 5.08. The minimum atomic E-state index is -1.53. The van der Waals surface area contributed by atoms with Crippen LogP contribution in [0.1, 0.15) is 12.8 Å². The van der Waals surface area contributed by atoms with E-state index in [0.717, 1.165) is 12.1 Å². The standard InChI is InChI=1S/C13H17F3N2O2/c1-20-8-2-6-18-11(19)5-7-17-10-4-3-9(14)12(15)13(10)16/h3-4,17H,2,5-8H2,1H3,(H,18,19). The third-order valence-electron chi connectivity index (χ3n) is 2.55. The molecular formula is C13H17F3N2O2. The first-order valence-electron chi connectivity index (χ1n) is 6.19. The molecule has 2 N–H and O–H groups in total. The number of nitrogens with one attached hydrogen (secondary N) is 2. The van der Waals surface area contributed by atoms with Gasteiger partial charge in [-0.25, -0.2) is 13.2 Å². The van der Waals surface area contributed by atoms with Gasteiger partial charge in [-0.15, -0.1) is 0 Å². The summed E-state index contributed by atoms with van der Waals surface area (Å²) in [6, 6.07) is 1.91. The number of halogens is 3. The van der Waals surface area contributed by atoms with Crippen LogP contribution >= 0.6 is 0 Å². The van der Waals surface area contributed by atoms with Gasteiger partial charge in [0.05, 0.1) is 5.69 Å². The number of benzene rings is 1. The van der Waals surface area contributed by atoms with Crippen LogP contribution in [0.5, 0.6) is 0 Å². The molecule has 0 aromatic heterocycles. The smallest absolute Gasteiger partial charge is 0.221 e. The Bertz CT molecular complexity index is 455. The average Bonchev–Trinajstić information content (AvgIpc) is 2.43. The zero-order valence-corrected chi connectivity index (χ0v) is 11.1. The van der Waals surface area contributed by atoms with Gasteiger partial charge >= 0.3 is 0 Å². The number of hydrogen-bond acceptors (Lipinski definition) is 3. The van der Waals surface area contributed by atoms with Crippen LogP contribution in [0.4, 0.5) is 18.9 Å². The molecule has 112 valence electrons. The molecule has 0 aliphatic heterocycles.